The first kappa shape index (κ1) is 23.2. The normalized spacial score (nSPS) is 11.3. The van der Waals surface area contributed by atoms with E-state index < -0.39 is 0 Å². The van der Waals surface area contributed by atoms with Crippen LogP contribution in [0.15, 0.2) is 72.8 Å². The van der Waals surface area contributed by atoms with Gasteiger partial charge in [0.05, 0.1) is 20.1 Å². The molecule has 34 heavy (non-hydrogen) atoms. The van der Waals surface area contributed by atoms with Gasteiger partial charge in [-0.3, -0.25) is 0 Å². The van der Waals surface area contributed by atoms with E-state index in [4.69, 9.17) is 52.1 Å². The Kier molecular flexibility index (Phi) is 6.52. The molecule has 4 nitrogen and oxygen atoms in total. The molecular weight excluding hydrogens is 510 g/mol. The van der Waals surface area contributed by atoms with Crippen molar-refractivity contribution < 1.29 is 0 Å². The van der Waals surface area contributed by atoms with Crippen LogP contribution >= 0.6 is 46.4 Å². The van der Waals surface area contributed by atoms with E-state index in [9.17, 15) is 0 Å². The van der Waals surface area contributed by atoms with Crippen molar-refractivity contribution in [1.29, 1.82) is 0 Å². The SMILES string of the molecule is NCCn1c2ccc(Nc3ccc(Cl)c(Cl)c3)cc2c2cc(Nc3ccc(Cl)c(Cl)c3)ccc21. The van der Waals surface area contributed by atoms with Gasteiger partial charge in [-0.2, -0.15) is 0 Å². The van der Waals surface area contributed by atoms with E-state index in [2.05, 4.69) is 39.5 Å². The zero-order valence-corrected chi connectivity index (χ0v) is 20.9. The van der Waals surface area contributed by atoms with Gasteiger partial charge in [0.25, 0.3) is 0 Å². The molecule has 1 aromatic heterocycles. The predicted octanol–water partition coefficient (Wildman–Crippen LogP) is 8.85. The Hall–Kier alpha value is -2.60. The topological polar surface area (TPSA) is 55.0 Å². The van der Waals surface area contributed by atoms with E-state index in [1.807, 2.05) is 36.4 Å². The molecule has 0 bridgehead atoms. The third kappa shape index (κ3) is 4.52. The second kappa shape index (κ2) is 9.57. The van der Waals surface area contributed by atoms with Crippen LogP contribution in [0.1, 0.15) is 0 Å². The van der Waals surface area contributed by atoms with Crippen LogP contribution in [0.4, 0.5) is 22.7 Å². The van der Waals surface area contributed by atoms with Crippen molar-refractivity contribution in [2.75, 3.05) is 17.2 Å². The van der Waals surface area contributed by atoms with Gasteiger partial charge in [-0.1, -0.05) is 46.4 Å². The van der Waals surface area contributed by atoms with Crippen molar-refractivity contribution >= 4 is 91.0 Å². The van der Waals surface area contributed by atoms with Crippen LogP contribution in [0.3, 0.4) is 0 Å². The summed E-state index contributed by atoms with van der Waals surface area (Å²) in [5, 5.41) is 11.1. The highest BCUT2D eigenvalue weighted by Crippen LogP contribution is 2.35. The number of fused-ring (bicyclic) bond motifs is 3. The fraction of sp³-hybridized carbons (Fsp3) is 0.0769. The Morgan fingerprint density at radius 1 is 0.559 bits per heavy atom. The summed E-state index contributed by atoms with van der Waals surface area (Å²) in [6, 6.07) is 23.6. The Bertz CT molecular complexity index is 1420. The highest BCUT2D eigenvalue weighted by molar-refractivity contribution is 6.42. The van der Waals surface area contributed by atoms with E-state index in [-0.39, 0.29) is 0 Å². The number of hydrogen-bond donors (Lipinski definition) is 3. The lowest BCUT2D eigenvalue weighted by molar-refractivity contribution is 0.758. The monoisotopic (exact) mass is 528 g/mol. The molecule has 0 fully saturated rings. The molecule has 0 aliphatic rings. The largest absolute Gasteiger partial charge is 0.355 e. The number of nitrogens with one attached hydrogen (secondary N) is 2. The molecule has 0 aliphatic heterocycles. The van der Waals surface area contributed by atoms with Gasteiger partial charge in [0.1, 0.15) is 0 Å². The molecule has 0 saturated carbocycles. The van der Waals surface area contributed by atoms with Gasteiger partial charge in [0.2, 0.25) is 0 Å². The van der Waals surface area contributed by atoms with Crippen LogP contribution in [-0.4, -0.2) is 11.1 Å². The Morgan fingerprint density at radius 2 is 0.971 bits per heavy atom. The summed E-state index contributed by atoms with van der Waals surface area (Å²) in [6.45, 7) is 1.27. The van der Waals surface area contributed by atoms with Gasteiger partial charge in [0.15, 0.2) is 0 Å². The van der Waals surface area contributed by atoms with Crippen LogP contribution in [-0.2, 0) is 6.54 Å². The highest BCUT2D eigenvalue weighted by atomic mass is 35.5. The number of rotatable bonds is 6. The Balaban J connectivity index is 1.57. The summed E-state index contributed by atoms with van der Waals surface area (Å²) in [4.78, 5) is 0. The summed E-state index contributed by atoms with van der Waals surface area (Å²) in [7, 11) is 0. The second-order valence-corrected chi connectivity index (χ2v) is 9.54. The zero-order valence-electron chi connectivity index (χ0n) is 17.9. The smallest absolute Gasteiger partial charge is 0.0612 e. The van der Waals surface area contributed by atoms with Crippen molar-refractivity contribution in [3.05, 3.63) is 92.9 Å². The first-order chi connectivity index (χ1) is 16.4. The molecule has 0 radical (unpaired) electrons. The number of nitrogens with zero attached hydrogens (tertiary/aromatic N) is 1. The molecule has 0 atom stereocenters. The molecule has 8 heteroatoms. The molecule has 0 unspecified atom stereocenters. The first-order valence-corrected chi connectivity index (χ1v) is 12.1. The van der Waals surface area contributed by atoms with Gasteiger partial charge in [-0.15, -0.1) is 0 Å². The minimum Gasteiger partial charge on any atom is -0.355 e. The molecule has 0 amide bonds. The van der Waals surface area contributed by atoms with E-state index in [1.54, 1.807) is 12.1 Å². The summed E-state index contributed by atoms with van der Waals surface area (Å²) >= 11 is 24.5. The molecule has 172 valence electrons. The highest BCUT2D eigenvalue weighted by Gasteiger charge is 2.12. The van der Waals surface area contributed by atoms with Crippen molar-refractivity contribution in [3.63, 3.8) is 0 Å². The maximum atomic E-state index is 6.18. The van der Waals surface area contributed by atoms with Crippen molar-refractivity contribution in [1.82, 2.24) is 4.57 Å². The van der Waals surface area contributed by atoms with Crippen LogP contribution in [0, 0.1) is 0 Å². The van der Waals surface area contributed by atoms with Crippen LogP contribution in [0.2, 0.25) is 20.1 Å². The van der Waals surface area contributed by atoms with Gasteiger partial charge in [0, 0.05) is 57.6 Å². The zero-order chi connectivity index (χ0) is 23.8. The Labute approximate surface area is 217 Å². The number of benzene rings is 4. The lowest BCUT2D eigenvalue weighted by Crippen LogP contribution is -2.09. The molecular formula is C26H20Cl4N4. The van der Waals surface area contributed by atoms with Gasteiger partial charge in [-0.25, -0.2) is 0 Å². The van der Waals surface area contributed by atoms with Gasteiger partial charge in [-0.05, 0) is 72.8 Å². The van der Waals surface area contributed by atoms with E-state index in [0.29, 0.717) is 26.6 Å². The summed E-state index contributed by atoms with van der Waals surface area (Å²) in [5.74, 6) is 0. The van der Waals surface area contributed by atoms with E-state index in [1.165, 1.54) is 0 Å². The molecule has 4 N–H and O–H groups in total. The maximum absolute atomic E-state index is 6.18. The third-order valence-electron chi connectivity index (χ3n) is 5.63. The predicted molar refractivity (Wildman–Crippen MR) is 148 cm³/mol. The molecule has 4 aromatic carbocycles. The average Bonchev–Trinajstić information content (AvgIpc) is 3.11. The maximum Gasteiger partial charge on any atom is 0.0612 e. The fourth-order valence-corrected chi connectivity index (χ4v) is 4.71. The average molecular weight is 530 g/mol. The van der Waals surface area contributed by atoms with Gasteiger partial charge < -0.3 is 20.9 Å². The van der Waals surface area contributed by atoms with E-state index >= 15 is 0 Å². The lowest BCUT2D eigenvalue weighted by atomic mass is 10.1. The minimum atomic E-state index is 0.505. The molecule has 5 rings (SSSR count). The van der Waals surface area contributed by atoms with Crippen molar-refractivity contribution in [2.45, 2.75) is 6.54 Å². The minimum absolute atomic E-state index is 0.505. The molecule has 0 spiro atoms. The summed E-state index contributed by atoms with van der Waals surface area (Å²) in [6.07, 6.45) is 0. The van der Waals surface area contributed by atoms with Crippen LogP contribution in [0.5, 0.6) is 0 Å². The summed E-state index contributed by atoms with van der Waals surface area (Å²) in [5.41, 5.74) is 11.8. The molecule has 0 aliphatic carbocycles. The number of hydrogen-bond acceptors (Lipinski definition) is 3. The molecule has 0 saturated heterocycles. The molecule has 1 heterocycles. The van der Waals surface area contributed by atoms with Crippen LogP contribution < -0.4 is 16.4 Å². The number of nitrogens with two attached hydrogens (primary N) is 1. The summed E-state index contributed by atoms with van der Waals surface area (Å²) < 4.78 is 2.25. The number of halogens is 4. The fourth-order valence-electron chi connectivity index (χ4n) is 4.11. The lowest BCUT2D eigenvalue weighted by Gasteiger charge is -2.09. The third-order valence-corrected chi connectivity index (χ3v) is 7.11. The van der Waals surface area contributed by atoms with E-state index in [0.717, 1.165) is 51.1 Å². The standard InChI is InChI=1S/C26H20Cl4N4/c27-21-5-1-17(13-23(21)29)32-15-3-7-25-19(11-15)20-12-16(4-8-26(20)34(25)10-9-31)33-18-2-6-22(28)24(30)14-18/h1-8,11-14,32-33H,9-10,31H2. The quantitative estimate of drug-likeness (QED) is 0.206. The molecule has 5 aromatic rings. The number of anilines is 4. The number of aromatic nitrogens is 1. The van der Waals surface area contributed by atoms with Crippen LogP contribution in [0.25, 0.3) is 21.8 Å². The Morgan fingerprint density at radius 3 is 1.38 bits per heavy atom. The van der Waals surface area contributed by atoms with Gasteiger partial charge >= 0.3 is 0 Å². The first-order valence-electron chi connectivity index (χ1n) is 10.6. The van der Waals surface area contributed by atoms with Crippen molar-refractivity contribution in [3.8, 4) is 0 Å². The van der Waals surface area contributed by atoms with Crippen molar-refractivity contribution in [2.24, 2.45) is 5.73 Å². The second-order valence-electron chi connectivity index (χ2n) is 7.91.